The van der Waals surface area contributed by atoms with E-state index in [1.54, 1.807) is 11.8 Å². The zero-order valence-electron chi connectivity index (χ0n) is 36.4. The van der Waals surface area contributed by atoms with Crippen molar-refractivity contribution >= 4 is 45.8 Å². The number of alkyl carbamates (subject to hydrolysis) is 2. The van der Waals surface area contributed by atoms with E-state index in [1.807, 2.05) is 24.8 Å². The first-order chi connectivity index (χ1) is 30.4. The number of imidazole rings is 2. The first-order valence-corrected chi connectivity index (χ1v) is 21.7. The predicted molar refractivity (Wildman–Crippen MR) is 231 cm³/mol. The van der Waals surface area contributed by atoms with Crippen molar-refractivity contribution in [3.63, 3.8) is 0 Å². The van der Waals surface area contributed by atoms with Gasteiger partial charge in [-0.3, -0.25) is 9.59 Å². The van der Waals surface area contributed by atoms with Gasteiger partial charge in [-0.1, -0.05) is 50.2 Å². The number of nitrogens with one attached hydrogen (secondary N) is 4. The molecule has 3 aliphatic heterocycles. The van der Waals surface area contributed by atoms with E-state index in [0.29, 0.717) is 32.0 Å². The van der Waals surface area contributed by atoms with Crippen LogP contribution in [-0.4, -0.2) is 125 Å². The smallest absolute Gasteiger partial charge is 0.407 e. The van der Waals surface area contributed by atoms with Gasteiger partial charge in [0.1, 0.15) is 23.7 Å². The van der Waals surface area contributed by atoms with Gasteiger partial charge in [-0.2, -0.15) is 0 Å². The van der Waals surface area contributed by atoms with Crippen LogP contribution >= 0.6 is 0 Å². The average Bonchev–Trinajstić information content (AvgIpc) is 4.16. The van der Waals surface area contributed by atoms with Gasteiger partial charge in [-0.05, 0) is 72.7 Å². The summed E-state index contributed by atoms with van der Waals surface area (Å²) >= 11 is 0. The molecule has 4 aliphatic rings. The Hall–Kier alpha value is -6.04. The number of methoxy groups -OCH3 is 3. The summed E-state index contributed by atoms with van der Waals surface area (Å²) in [6.07, 6.45) is 1.53. The van der Waals surface area contributed by atoms with Crippen LogP contribution in [0.15, 0.2) is 48.5 Å². The Kier molecular flexibility index (Phi) is 11.4. The fourth-order valence-corrected chi connectivity index (χ4v) is 9.71. The van der Waals surface area contributed by atoms with E-state index in [0.717, 1.165) is 81.4 Å². The van der Waals surface area contributed by atoms with Crippen LogP contribution in [0.3, 0.4) is 0 Å². The van der Waals surface area contributed by atoms with Crippen molar-refractivity contribution in [2.75, 3.05) is 47.6 Å². The maximum atomic E-state index is 14.2. The lowest BCUT2D eigenvalue weighted by atomic mass is 9.89. The average molecular weight is 863 g/mol. The fourth-order valence-electron chi connectivity index (χ4n) is 9.71. The molecule has 2 aromatic heterocycles. The lowest BCUT2D eigenvalue weighted by Crippen LogP contribution is -2.54. The van der Waals surface area contributed by atoms with Gasteiger partial charge in [0.2, 0.25) is 11.8 Å². The number of hydrogen-bond acceptors (Lipinski definition) is 11. The number of carbonyl (C=O) groups excluding carboxylic acids is 4. The molecule has 3 aromatic carbocycles. The Morgan fingerprint density at radius 1 is 0.810 bits per heavy atom. The van der Waals surface area contributed by atoms with Crippen molar-refractivity contribution in [1.82, 2.24) is 40.4 Å². The molecular formula is C46H54N8O9. The summed E-state index contributed by atoms with van der Waals surface area (Å²) in [6.45, 7) is 7.13. The van der Waals surface area contributed by atoms with Crippen LogP contribution in [0.5, 0.6) is 0 Å². The molecule has 332 valence electrons. The molecule has 0 bridgehead atoms. The minimum Gasteiger partial charge on any atom is -0.453 e. The second kappa shape index (κ2) is 16.9. The molecule has 1 spiro atoms. The molecule has 5 aromatic rings. The van der Waals surface area contributed by atoms with Crippen LogP contribution < -0.4 is 10.6 Å². The summed E-state index contributed by atoms with van der Waals surface area (Å²) in [4.78, 5) is 73.2. The highest BCUT2D eigenvalue weighted by molar-refractivity contribution is 6.05. The van der Waals surface area contributed by atoms with E-state index in [4.69, 9.17) is 33.7 Å². The summed E-state index contributed by atoms with van der Waals surface area (Å²) in [5.74, 6) is -0.224. The van der Waals surface area contributed by atoms with E-state index in [-0.39, 0.29) is 30.3 Å². The van der Waals surface area contributed by atoms with Gasteiger partial charge in [0.25, 0.3) is 0 Å². The first kappa shape index (κ1) is 42.3. The maximum absolute atomic E-state index is 14.2. The van der Waals surface area contributed by atoms with Gasteiger partial charge in [0.15, 0.2) is 5.79 Å². The number of aryl methyl sites for hydroxylation is 2. The topological polar surface area (TPSA) is 202 Å². The van der Waals surface area contributed by atoms with E-state index in [1.165, 1.54) is 26.9 Å². The van der Waals surface area contributed by atoms with Crippen LogP contribution in [0.1, 0.15) is 75.0 Å². The quantitative estimate of drug-likeness (QED) is 0.134. The van der Waals surface area contributed by atoms with E-state index < -0.39 is 42.2 Å². The highest BCUT2D eigenvalue weighted by Gasteiger charge is 2.53. The third-order valence-electron chi connectivity index (χ3n) is 13.1. The summed E-state index contributed by atoms with van der Waals surface area (Å²) < 4.78 is 27.3. The Morgan fingerprint density at radius 3 is 2.24 bits per heavy atom. The second-order valence-corrected chi connectivity index (χ2v) is 17.2. The molecule has 3 saturated heterocycles. The number of H-pyrrole nitrogens is 2. The number of carbonyl (C=O) groups is 4. The van der Waals surface area contributed by atoms with Crippen LogP contribution in [0.25, 0.3) is 44.2 Å². The van der Waals surface area contributed by atoms with Crippen LogP contribution in [0.4, 0.5) is 9.59 Å². The third-order valence-corrected chi connectivity index (χ3v) is 13.1. The fraction of sp³-hybridized carbons (Fsp3) is 0.478. The highest BCUT2D eigenvalue weighted by Crippen LogP contribution is 2.44. The molecule has 17 heteroatoms. The molecule has 1 aliphatic carbocycles. The minimum atomic E-state index is -1.01. The normalized spacial score (nSPS) is 20.5. The van der Waals surface area contributed by atoms with Gasteiger partial charge in [0.05, 0.1) is 68.9 Å². The van der Waals surface area contributed by atoms with Crippen LogP contribution in [0.2, 0.25) is 0 Å². The lowest BCUT2D eigenvalue weighted by Gasteiger charge is -2.30. The number of ether oxygens (including phenoxy) is 5. The Balaban J connectivity index is 0.969. The van der Waals surface area contributed by atoms with E-state index >= 15 is 0 Å². The first-order valence-electron chi connectivity index (χ1n) is 21.7. The van der Waals surface area contributed by atoms with Gasteiger partial charge in [-0.25, -0.2) is 19.6 Å². The van der Waals surface area contributed by atoms with E-state index in [9.17, 15) is 19.2 Å². The van der Waals surface area contributed by atoms with Gasteiger partial charge >= 0.3 is 12.2 Å². The molecule has 0 saturated carbocycles. The SMILES string of the molecule is COC(=O)N[C@H](C(=O)N1CCC[C@H]1c1nc2c(ccc3cc(-c4ccc5c(c4)CCc4[nH]c([C@@H]6CC7(CN6C(=O)[C@@H](NC(=O)OC)[C@@H](C)OC)OCCO7)nc4-5)ccc32)[nH]1)C(C)C. The number of likely N-dealkylation sites (tertiary alicyclic amines) is 2. The number of benzene rings is 3. The second-order valence-electron chi connectivity index (χ2n) is 17.2. The van der Waals surface area contributed by atoms with Crippen LogP contribution in [0, 0.1) is 5.92 Å². The molecule has 17 nitrogen and oxygen atoms in total. The number of fused-ring (bicyclic) bond motifs is 6. The Bertz CT molecular complexity index is 2580. The van der Waals surface area contributed by atoms with E-state index in [2.05, 4.69) is 63.1 Å². The minimum absolute atomic E-state index is 0.121. The highest BCUT2D eigenvalue weighted by atomic mass is 16.7. The predicted octanol–water partition coefficient (Wildman–Crippen LogP) is 5.69. The molecule has 63 heavy (non-hydrogen) atoms. The van der Waals surface area contributed by atoms with Crippen molar-refractivity contribution in [2.24, 2.45) is 5.92 Å². The zero-order valence-corrected chi connectivity index (χ0v) is 36.4. The number of hydrogen-bond donors (Lipinski definition) is 4. The standard InChI is InChI=1S/C46H54N8O9/c1-24(2)36(51-44(57)60-5)42(55)53-17-7-8-34(53)40-47-32-15-11-28-20-26(9-13-30(28)38(32)49-40)27-10-14-31-29(21-27)12-16-33-39(31)50-41(48-33)35-22-46(62-18-19-63-46)23-54(35)43(56)37(25(3)59-4)52-45(58)61-6/h9-11,13-15,20-21,24-25,34-37H,7-8,12,16-19,22-23H2,1-6H3,(H,47,49)(H,48,50)(H,51,57)(H,52,58)/t25-,34+,35+,36+,37+/m1/s1. The van der Waals surface area contributed by atoms with Gasteiger partial charge < -0.3 is 54.1 Å². The zero-order chi connectivity index (χ0) is 44.2. The molecule has 0 unspecified atom stereocenters. The molecule has 3 fully saturated rings. The van der Waals surface area contributed by atoms with Crippen molar-refractivity contribution in [2.45, 2.75) is 88.9 Å². The summed E-state index contributed by atoms with van der Waals surface area (Å²) in [7, 11) is 4.03. The number of amides is 4. The van der Waals surface area contributed by atoms with Crippen molar-refractivity contribution < 1.29 is 42.9 Å². The monoisotopic (exact) mass is 862 g/mol. The number of rotatable bonds is 10. The molecule has 0 radical (unpaired) electrons. The molecule has 9 rings (SSSR count). The van der Waals surface area contributed by atoms with Gasteiger partial charge in [0, 0.05) is 36.7 Å². The molecule has 5 heterocycles. The number of aromatic amines is 2. The third kappa shape index (κ3) is 7.75. The molecule has 4 N–H and O–H groups in total. The van der Waals surface area contributed by atoms with Crippen molar-refractivity contribution in [3.05, 3.63) is 71.4 Å². The largest absolute Gasteiger partial charge is 0.453 e. The number of nitrogens with zero attached hydrogens (tertiary/aromatic N) is 4. The molecular weight excluding hydrogens is 809 g/mol. The molecule has 5 atom stereocenters. The summed E-state index contributed by atoms with van der Waals surface area (Å²) in [5.41, 5.74) is 7.95. The lowest BCUT2D eigenvalue weighted by molar-refractivity contribution is -0.154. The maximum Gasteiger partial charge on any atom is 0.407 e. The Morgan fingerprint density at radius 2 is 1.51 bits per heavy atom. The number of aromatic nitrogens is 4. The summed E-state index contributed by atoms with van der Waals surface area (Å²) in [6, 6.07) is 14.6. The van der Waals surface area contributed by atoms with Crippen molar-refractivity contribution in [3.8, 4) is 22.4 Å². The Labute approximate surface area is 364 Å². The van der Waals surface area contributed by atoms with Gasteiger partial charge in [-0.15, -0.1) is 0 Å². The summed E-state index contributed by atoms with van der Waals surface area (Å²) in [5, 5.41) is 7.42. The van der Waals surface area contributed by atoms with Crippen LogP contribution in [-0.2, 0) is 46.1 Å². The molecule has 4 amide bonds. The van der Waals surface area contributed by atoms with Crippen molar-refractivity contribution in [1.29, 1.82) is 0 Å².